The van der Waals surface area contributed by atoms with Gasteiger partial charge in [-0.05, 0) is 33.6 Å². The number of hydrogen-bond acceptors (Lipinski definition) is 4. The standard InChI is InChI=1S/C15H23NO5/c1-14(2,3)21-13(20)16-8-10(9-16)15(12(18)19)6-4-11(17)5-7-15/h10H,4-9H2,1-3H3,(H,18,19). The van der Waals surface area contributed by atoms with Gasteiger partial charge >= 0.3 is 12.1 Å². The van der Waals surface area contributed by atoms with Gasteiger partial charge in [0.05, 0.1) is 5.41 Å². The molecule has 2 rings (SSSR count). The van der Waals surface area contributed by atoms with Gasteiger partial charge in [-0.25, -0.2) is 4.79 Å². The van der Waals surface area contributed by atoms with Crippen LogP contribution in [-0.4, -0.2) is 46.5 Å². The molecule has 0 aromatic carbocycles. The lowest BCUT2D eigenvalue weighted by molar-refractivity contribution is -0.162. The van der Waals surface area contributed by atoms with Crippen LogP contribution in [0.25, 0.3) is 0 Å². The molecule has 6 heteroatoms. The van der Waals surface area contributed by atoms with Crippen molar-refractivity contribution >= 4 is 17.8 Å². The van der Waals surface area contributed by atoms with Crippen LogP contribution in [0.5, 0.6) is 0 Å². The van der Waals surface area contributed by atoms with Crippen LogP contribution in [0.3, 0.4) is 0 Å². The third-order valence-corrected chi connectivity index (χ3v) is 4.44. The molecule has 118 valence electrons. The number of rotatable bonds is 2. The van der Waals surface area contributed by atoms with Crippen molar-refractivity contribution in [1.29, 1.82) is 0 Å². The fraction of sp³-hybridized carbons (Fsp3) is 0.800. The molecule has 0 aromatic heterocycles. The zero-order chi connectivity index (χ0) is 15.8. The molecule has 1 amide bonds. The van der Waals surface area contributed by atoms with E-state index in [9.17, 15) is 19.5 Å². The Balaban J connectivity index is 1.96. The van der Waals surface area contributed by atoms with Gasteiger partial charge in [0.2, 0.25) is 0 Å². The number of Topliss-reactive ketones (excluding diaryl/α,β-unsaturated/α-hetero) is 1. The maximum absolute atomic E-state index is 11.9. The smallest absolute Gasteiger partial charge is 0.410 e. The van der Waals surface area contributed by atoms with Gasteiger partial charge in [0.25, 0.3) is 0 Å². The zero-order valence-corrected chi connectivity index (χ0v) is 12.8. The Morgan fingerprint density at radius 3 is 2.19 bits per heavy atom. The number of hydrogen-bond donors (Lipinski definition) is 1. The molecule has 1 heterocycles. The van der Waals surface area contributed by atoms with Crippen LogP contribution in [0.4, 0.5) is 4.79 Å². The van der Waals surface area contributed by atoms with E-state index in [4.69, 9.17) is 4.74 Å². The SMILES string of the molecule is CC(C)(C)OC(=O)N1CC(C2(C(=O)O)CCC(=O)CC2)C1. The maximum atomic E-state index is 11.9. The molecule has 1 N–H and O–H groups in total. The van der Waals surface area contributed by atoms with Gasteiger partial charge in [-0.15, -0.1) is 0 Å². The van der Waals surface area contributed by atoms with E-state index in [1.165, 1.54) is 4.90 Å². The predicted molar refractivity (Wildman–Crippen MR) is 74.8 cm³/mol. The Labute approximate surface area is 124 Å². The Morgan fingerprint density at radius 2 is 1.76 bits per heavy atom. The van der Waals surface area contributed by atoms with E-state index in [0.717, 1.165) is 0 Å². The van der Waals surface area contributed by atoms with E-state index in [1.54, 1.807) is 20.8 Å². The second kappa shape index (κ2) is 5.31. The number of nitrogens with zero attached hydrogens (tertiary/aromatic N) is 1. The highest BCUT2D eigenvalue weighted by molar-refractivity contribution is 5.84. The molecule has 0 unspecified atom stereocenters. The van der Waals surface area contributed by atoms with Crippen molar-refractivity contribution in [3.05, 3.63) is 0 Å². The molecule has 0 radical (unpaired) electrons. The number of ketones is 1. The van der Waals surface area contributed by atoms with Crippen LogP contribution < -0.4 is 0 Å². The molecule has 0 bridgehead atoms. The Hall–Kier alpha value is -1.59. The molecule has 2 fully saturated rings. The fourth-order valence-electron chi connectivity index (χ4n) is 3.08. The summed E-state index contributed by atoms with van der Waals surface area (Å²) in [5, 5.41) is 9.58. The van der Waals surface area contributed by atoms with Crippen molar-refractivity contribution < 1.29 is 24.2 Å². The van der Waals surface area contributed by atoms with Crippen LogP contribution in [0.2, 0.25) is 0 Å². The van der Waals surface area contributed by atoms with Crippen molar-refractivity contribution in [3.63, 3.8) is 0 Å². The molecule has 0 spiro atoms. The summed E-state index contributed by atoms with van der Waals surface area (Å²) < 4.78 is 5.27. The van der Waals surface area contributed by atoms with Crippen molar-refractivity contribution in [1.82, 2.24) is 4.90 Å². The van der Waals surface area contributed by atoms with E-state index in [0.29, 0.717) is 38.8 Å². The lowest BCUT2D eigenvalue weighted by Crippen LogP contribution is -2.60. The van der Waals surface area contributed by atoms with Crippen LogP contribution in [-0.2, 0) is 14.3 Å². The minimum Gasteiger partial charge on any atom is -0.481 e. The third-order valence-electron chi connectivity index (χ3n) is 4.44. The van der Waals surface area contributed by atoms with Crippen molar-refractivity contribution in [3.8, 4) is 0 Å². The van der Waals surface area contributed by atoms with E-state index < -0.39 is 23.1 Å². The summed E-state index contributed by atoms with van der Waals surface area (Å²) in [6, 6.07) is 0. The minimum atomic E-state index is -0.855. The number of likely N-dealkylation sites (tertiary alicyclic amines) is 1. The molecule has 0 aromatic rings. The van der Waals surface area contributed by atoms with E-state index >= 15 is 0 Å². The van der Waals surface area contributed by atoms with Crippen molar-refractivity contribution in [2.45, 2.75) is 52.1 Å². The second-order valence-corrected chi connectivity index (χ2v) is 7.08. The van der Waals surface area contributed by atoms with Gasteiger partial charge in [0.1, 0.15) is 11.4 Å². The first kappa shape index (κ1) is 15.8. The first-order chi connectivity index (χ1) is 9.64. The number of aliphatic carboxylic acids is 1. The normalized spacial score (nSPS) is 22.6. The van der Waals surface area contributed by atoms with Gasteiger partial charge in [0, 0.05) is 31.8 Å². The molecular formula is C15H23NO5. The van der Waals surface area contributed by atoms with Crippen LogP contribution in [0, 0.1) is 11.3 Å². The van der Waals surface area contributed by atoms with Gasteiger partial charge in [-0.2, -0.15) is 0 Å². The highest BCUT2D eigenvalue weighted by Gasteiger charge is 2.53. The molecule has 6 nitrogen and oxygen atoms in total. The van der Waals surface area contributed by atoms with E-state index in [1.807, 2.05) is 0 Å². The largest absolute Gasteiger partial charge is 0.481 e. The monoisotopic (exact) mass is 297 g/mol. The number of amides is 1. The lowest BCUT2D eigenvalue weighted by atomic mass is 9.63. The molecule has 1 saturated heterocycles. The molecule has 21 heavy (non-hydrogen) atoms. The van der Waals surface area contributed by atoms with Crippen LogP contribution in [0.1, 0.15) is 46.5 Å². The Kier molecular flexibility index (Phi) is 4.00. The number of carboxylic acid groups (broad SMARTS) is 1. The van der Waals surface area contributed by atoms with Gasteiger partial charge < -0.3 is 14.7 Å². The number of carboxylic acids is 1. The first-order valence-electron chi connectivity index (χ1n) is 7.37. The van der Waals surface area contributed by atoms with Gasteiger partial charge in [0.15, 0.2) is 0 Å². The first-order valence-corrected chi connectivity index (χ1v) is 7.37. The summed E-state index contributed by atoms with van der Waals surface area (Å²) in [5.74, 6) is -0.797. The van der Waals surface area contributed by atoms with Crippen LogP contribution in [0.15, 0.2) is 0 Å². The molecule has 0 atom stereocenters. The molecule has 1 aliphatic carbocycles. The highest BCUT2D eigenvalue weighted by atomic mass is 16.6. The molecule has 1 saturated carbocycles. The number of carbonyl (C=O) groups is 3. The summed E-state index contributed by atoms with van der Waals surface area (Å²) in [5.41, 5.74) is -1.41. The average Bonchev–Trinajstić information content (AvgIpc) is 2.27. The number of carbonyl (C=O) groups excluding carboxylic acids is 2. The van der Waals surface area contributed by atoms with Crippen LogP contribution >= 0.6 is 0 Å². The fourth-order valence-corrected chi connectivity index (χ4v) is 3.08. The third kappa shape index (κ3) is 3.19. The van der Waals surface area contributed by atoms with Crippen molar-refractivity contribution in [2.75, 3.05) is 13.1 Å². The highest BCUT2D eigenvalue weighted by Crippen LogP contribution is 2.46. The summed E-state index contributed by atoms with van der Waals surface area (Å²) in [6.45, 7) is 6.19. The van der Waals surface area contributed by atoms with E-state index in [-0.39, 0.29) is 11.7 Å². The Morgan fingerprint density at radius 1 is 1.24 bits per heavy atom. The van der Waals surface area contributed by atoms with Crippen molar-refractivity contribution in [2.24, 2.45) is 11.3 Å². The topological polar surface area (TPSA) is 83.9 Å². The lowest BCUT2D eigenvalue weighted by Gasteiger charge is -2.49. The Bertz CT molecular complexity index is 449. The summed E-state index contributed by atoms with van der Waals surface area (Å²) in [6.07, 6.45) is 1.03. The van der Waals surface area contributed by atoms with Gasteiger partial charge in [-0.3, -0.25) is 9.59 Å². The summed E-state index contributed by atoms with van der Waals surface area (Å²) >= 11 is 0. The predicted octanol–water partition coefficient (Wildman–Crippen LogP) is 2.07. The number of ether oxygens (including phenoxy) is 1. The molecule has 2 aliphatic rings. The minimum absolute atomic E-state index is 0.0874. The van der Waals surface area contributed by atoms with E-state index in [2.05, 4.69) is 0 Å². The zero-order valence-electron chi connectivity index (χ0n) is 12.8. The molecule has 1 aliphatic heterocycles. The quantitative estimate of drug-likeness (QED) is 0.843. The second-order valence-electron chi connectivity index (χ2n) is 7.08. The average molecular weight is 297 g/mol. The maximum Gasteiger partial charge on any atom is 0.410 e. The summed E-state index contributed by atoms with van der Waals surface area (Å²) in [4.78, 5) is 36.5. The summed E-state index contributed by atoms with van der Waals surface area (Å²) in [7, 11) is 0. The van der Waals surface area contributed by atoms with Gasteiger partial charge in [-0.1, -0.05) is 0 Å². The molecular weight excluding hydrogens is 274 g/mol.